The number of nitrogens with zero attached hydrogens (tertiary/aromatic N) is 2. The maximum atomic E-state index is 4.47. The lowest BCUT2D eigenvalue weighted by Gasteiger charge is -2.37. The van der Waals surface area contributed by atoms with Crippen LogP contribution in [0.1, 0.15) is 107 Å². The Morgan fingerprint density at radius 3 is 2.18 bits per heavy atom. The summed E-state index contributed by atoms with van der Waals surface area (Å²) in [5.41, 5.74) is 7.86. The molecule has 1 aliphatic rings. The van der Waals surface area contributed by atoms with E-state index >= 15 is 0 Å². The SMILES string of the molecule is C=C1CC(C)(C)CC(=C(/C)c2ccn[nH]2)/C1=C(\C)NCCCN(CCC)CCC.CC.CC. The van der Waals surface area contributed by atoms with E-state index < -0.39 is 0 Å². The number of hydrogen-bond donors (Lipinski definition) is 2. The molecule has 0 aliphatic heterocycles. The van der Waals surface area contributed by atoms with E-state index in [2.05, 4.69) is 74.6 Å². The third-order valence-corrected chi connectivity index (χ3v) is 5.86. The molecule has 4 nitrogen and oxygen atoms in total. The number of aromatic amines is 1. The molecule has 190 valence electrons. The summed E-state index contributed by atoms with van der Waals surface area (Å²) in [6.45, 7) is 30.7. The topological polar surface area (TPSA) is 44.0 Å². The minimum Gasteiger partial charge on any atom is -0.388 e. The summed E-state index contributed by atoms with van der Waals surface area (Å²) >= 11 is 0. The number of aromatic nitrogens is 2. The van der Waals surface area contributed by atoms with Crippen LogP contribution in [0.25, 0.3) is 5.57 Å². The minimum atomic E-state index is 0.234. The molecule has 1 aromatic heterocycles. The van der Waals surface area contributed by atoms with Crippen molar-refractivity contribution in [2.24, 2.45) is 5.41 Å². The Hall–Kier alpha value is -1.81. The number of allylic oxidation sites excluding steroid dienone is 5. The highest BCUT2D eigenvalue weighted by Gasteiger charge is 2.32. The molecular weight excluding hydrogens is 404 g/mol. The quantitative estimate of drug-likeness (QED) is 0.349. The van der Waals surface area contributed by atoms with Crippen LogP contribution in [-0.4, -0.2) is 41.3 Å². The van der Waals surface area contributed by atoms with Crippen LogP contribution in [0.4, 0.5) is 0 Å². The average molecular weight is 459 g/mol. The Balaban J connectivity index is 0.00000242. The zero-order valence-corrected chi connectivity index (χ0v) is 23.6. The van der Waals surface area contributed by atoms with E-state index in [9.17, 15) is 0 Å². The van der Waals surface area contributed by atoms with Crippen molar-refractivity contribution in [1.29, 1.82) is 0 Å². The number of nitrogens with one attached hydrogen (secondary N) is 2. The van der Waals surface area contributed by atoms with Crippen molar-refractivity contribution in [3.8, 4) is 0 Å². The summed E-state index contributed by atoms with van der Waals surface area (Å²) in [5.74, 6) is 0. The predicted molar refractivity (Wildman–Crippen MR) is 148 cm³/mol. The van der Waals surface area contributed by atoms with Crippen LogP contribution < -0.4 is 5.32 Å². The van der Waals surface area contributed by atoms with Crippen molar-refractivity contribution >= 4 is 5.57 Å². The smallest absolute Gasteiger partial charge is 0.0609 e. The number of rotatable bonds is 10. The highest BCUT2D eigenvalue weighted by molar-refractivity contribution is 5.72. The van der Waals surface area contributed by atoms with Crippen molar-refractivity contribution in [3.05, 3.63) is 47.0 Å². The molecule has 0 unspecified atom stereocenters. The molecule has 0 aromatic carbocycles. The van der Waals surface area contributed by atoms with Gasteiger partial charge in [0, 0.05) is 18.4 Å². The van der Waals surface area contributed by atoms with Crippen molar-refractivity contribution in [2.45, 2.75) is 101 Å². The molecule has 0 amide bonds. The fourth-order valence-electron chi connectivity index (χ4n) is 4.58. The van der Waals surface area contributed by atoms with E-state index in [0.29, 0.717) is 0 Å². The summed E-state index contributed by atoms with van der Waals surface area (Å²) < 4.78 is 0. The minimum absolute atomic E-state index is 0.234. The molecule has 2 N–H and O–H groups in total. The summed E-state index contributed by atoms with van der Waals surface area (Å²) in [5, 5.41) is 11.0. The van der Waals surface area contributed by atoms with E-state index in [4.69, 9.17) is 0 Å². The van der Waals surface area contributed by atoms with Crippen LogP contribution >= 0.6 is 0 Å². The van der Waals surface area contributed by atoms with E-state index in [1.165, 1.54) is 66.9 Å². The van der Waals surface area contributed by atoms with Gasteiger partial charge in [0.15, 0.2) is 0 Å². The van der Waals surface area contributed by atoms with Crippen LogP contribution in [0.5, 0.6) is 0 Å². The molecule has 0 saturated heterocycles. The summed E-state index contributed by atoms with van der Waals surface area (Å²) in [4.78, 5) is 2.58. The van der Waals surface area contributed by atoms with Crippen molar-refractivity contribution < 1.29 is 0 Å². The second-order valence-electron chi connectivity index (χ2n) is 9.32. The third-order valence-electron chi connectivity index (χ3n) is 5.86. The van der Waals surface area contributed by atoms with Crippen LogP contribution in [0, 0.1) is 5.41 Å². The second-order valence-corrected chi connectivity index (χ2v) is 9.32. The van der Waals surface area contributed by atoms with Gasteiger partial charge in [-0.3, -0.25) is 5.10 Å². The van der Waals surface area contributed by atoms with Crippen LogP contribution in [0.15, 0.2) is 41.3 Å². The van der Waals surface area contributed by atoms with E-state index in [1.54, 1.807) is 0 Å². The Labute approximate surface area is 206 Å². The second kappa shape index (κ2) is 16.7. The van der Waals surface area contributed by atoms with Gasteiger partial charge in [0.1, 0.15) is 0 Å². The molecule has 1 heterocycles. The van der Waals surface area contributed by atoms with Gasteiger partial charge >= 0.3 is 0 Å². The van der Waals surface area contributed by atoms with Gasteiger partial charge < -0.3 is 10.2 Å². The lowest BCUT2D eigenvalue weighted by molar-refractivity contribution is 0.271. The fourth-order valence-corrected chi connectivity index (χ4v) is 4.58. The molecule has 4 heteroatoms. The summed E-state index contributed by atoms with van der Waals surface area (Å²) in [7, 11) is 0. The molecule has 0 bridgehead atoms. The highest BCUT2D eigenvalue weighted by atomic mass is 15.1. The van der Waals surface area contributed by atoms with Crippen molar-refractivity contribution in [3.63, 3.8) is 0 Å². The molecule has 0 spiro atoms. The lowest BCUT2D eigenvalue weighted by Crippen LogP contribution is -2.29. The molecule has 0 radical (unpaired) electrons. The first-order valence-electron chi connectivity index (χ1n) is 13.3. The fraction of sp³-hybridized carbons (Fsp3) is 0.690. The third kappa shape index (κ3) is 10.3. The van der Waals surface area contributed by atoms with E-state index in [0.717, 1.165) is 25.1 Å². The standard InChI is InChI=1S/C25H42N4.2C2H6/c1-8-14-29(15-9-2)16-10-12-26-21(5)24-19(3)17-25(6,7)18-22(24)20(4)23-11-13-27-28-23;2*1-2/h11,13,26H,3,8-10,12,14-18H2,1-2,4-7H3,(H,27,28);2*1-2H3/b22-20+,24-21+;;. The number of hydrogen-bond acceptors (Lipinski definition) is 3. The zero-order chi connectivity index (χ0) is 25.4. The van der Waals surface area contributed by atoms with Gasteiger partial charge in [-0.25, -0.2) is 0 Å². The Bertz CT molecular complexity index is 717. The monoisotopic (exact) mass is 458 g/mol. The Kier molecular flexibility index (Phi) is 15.8. The average Bonchev–Trinajstić information content (AvgIpc) is 3.33. The maximum absolute atomic E-state index is 4.47. The molecule has 1 saturated carbocycles. The molecule has 0 atom stereocenters. The summed E-state index contributed by atoms with van der Waals surface area (Å²) in [6.07, 6.45) is 7.56. The van der Waals surface area contributed by atoms with Gasteiger partial charge in [0.25, 0.3) is 0 Å². The molecule has 1 aliphatic carbocycles. The maximum Gasteiger partial charge on any atom is 0.0609 e. The Morgan fingerprint density at radius 2 is 1.67 bits per heavy atom. The molecular formula is C29H54N4. The molecule has 1 aromatic rings. The van der Waals surface area contributed by atoms with Gasteiger partial charge in [-0.15, -0.1) is 0 Å². The lowest BCUT2D eigenvalue weighted by atomic mass is 9.69. The molecule has 2 rings (SSSR count). The highest BCUT2D eigenvalue weighted by Crippen LogP contribution is 2.46. The van der Waals surface area contributed by atoms with Gasteiger partial charge in [-0.1, -0.05) is 62.0 Å². The predicted octanol–water partition coefficient (Wildman–Crippen LogP) is 7.99. The van der Waals surface area contributed by atoms with Gasteiger partial charge in [0.05, 0.1) is 5.69 Å². The first kappa shape index (κ1) is 31.2. The van der Waals surface area contributed by atoms with E-state index in [-0.39, 0.29) is 5.41 Å². The van der Waals surface area contributed by atoms with E-state index in [1.807, 2.05) is 33.9 Å². The van der Waals surface area contributed by atoms with Crippen molar-refractivity contribution in [2.75, 3.05) is 26.2 Å². The normalized spacial score (nSPS) is 18.1. The van der Waals surface area contributed by atoms with Gasteiger partial charge in [0.2, 0.25) is 0 Å². The summed E-state index contributed by atoms with van der Waals surface area (Å²) in [6, 6.07) is 2.06. The van der Waals surface area contributed by atoms with Gasteiger partial charge in [-0.2, -0.15) is 5.10 Å². The molecule has 33 heavy (non-hydrogen) atoms. The zero-order valence-electron chi connectivity index (χ0n) is 23.6. The van der Waals surface area contributed by atoms with Crippen LogP contribution in [0.3, 0.4) is 0 Å². The largest absolute Gasteiger partial charge is 0.388 e. The van der Waals surface area contributed by atoms with Gasteiger partial charge in [-0.05, 0) is 99.4 Å². The first-order chi connectivity index (χ1) is 15.8. The first-order valence-corrected chi connectivity index (χ1v) is 13.3. The number of H-pyrrole nitrogens is 1. The van der Waals surface area contributed by atoms with Crippen LogP contribution in [-0.2, 0) is 0 Å². The molecule has 1 fully saturated rings. The van der Waals surface area contributed by atoms with Crippen LogP contribution in [0.2, 0.25) is 0 Å². The Morgan fingerprint density at radius 1 is 1.06 bits per heavy atom. The van der Waals surface area contributed by atoms with Crippen molar-refractivity contribution in [1.82, 2.24) is 20.4 Å².